The molecule has 0 spiro atoms. The predicted molar refractivity (Wildman–Crippen MR) is 92.6 cm³/mol. The number of carbonyl (C=O) groups excluding carboxylic acids is 1. The lowest BCUT2D eigenvalue weighted by atomic mass is 9.78. The van der Waals surface area contributed by atoms with Gasteiger partial charge in [0.2, 0.25) is 5.91 Å². The molecule has 0 fully saturated rings. The van der Waals surface area contributed by atoms with Gasteiger partial charge in [0.1, 0.15) is 0 Å². The van der Waals surface area contributed by atoms with Crippen LogP contribution in [0.3, 0.4) is 0 Å². The van der Waals surface area contributed by atoms with Crippen molar-refractivity contribution in [3.63, 3.8) is 0 Å². The van der Waals surface area contributed by atoms with E-state index < -0.39 is 17.4 Å². The highest BCUT2D eigenvalue weighted by Crippen LogP contribution is 2.26. The predicted octanol–water partition coefficient (Wildman–Crippen LogP) is 2.37. The standard InChI is InChI=1S/C18H25N3O3/c1-11(2)16(18(3,4)17(23)24)20-15(22)9-12-6-7-14-13(8-12)10-19-21(14)5/h6-8,10-11,16H,9H2,1-5H3,(H,20,22)(H,23,24). The molecule has 1 amide bonds. The number of carboxylic acid groups (broad SMARTS) is 1. The first-order chi connectivity index (χ1) is 11.1. The Bertz CT molecular complexity index is 762. The molecule has 2 rings (SSSR count). The second-order valence-electron chi connectivity index (χ2n) is 7.15. The minimum absolute atomic E-state index is 0.0147. The van der Waals surface area contributed by atoms with Gasteiger partial charge in [-0.05, 0) is 37.5 Å². The number of aliphatic carboxylic acids is 1. The molecule has 1 heterocycles. The van der Waals surface area contributed by atoms with Gasteiger partial charge in [0.05, 0.1) is 23.5 Å². The summed E-state index contributed by atoms with van der Waals surface area (Å²) >= 11 is 0. The summed E-state index contributed by atoms with van der Waals surface area (Å²) in [6.07, 6.45) is 1.98. The van der Waals surface area contributed by atoms with E-state index in [1.807, 2.05) is 39.1 Å². The lowest BCUT2D eigenvalue weighted by Crippen LogP contribution is -2.52. The molecular weight excluding hydrogens is 306 g/mol. The summed E-state index contributed by atoms with van der Waals surface area (Å²) in [7, 11) is 1.87. The van der Waals surface area contributed by atoms with Crippen LogP contribution in [0.15, 0.2) is 24.4 Å². The molecule has 1 atom stereocenters. The number of nitrogens with one attached hydrogen (secondary N) is 1. The highest BCUT2D eigenvalue weighted by atomic mass is 16.4. The van der Waals surface area contributed by atoms with Crippen molar-refractivity contribution in [3.8, 4) is 0 Å². The largest absolute Gasteiger partial charge is 0.481 e. The number of fused-ring (bicyclic) bond motifs is 1. The zero-order valence-corrected chi connectivity index (χ0v) is 14.8. The Labute approximate surface area is 141 Å². The van der Waals surface area contributed by atoms with E-state index in [0.29, 0.717) is 0 Å². The summed E-state index contributed by atoms with van der Waals surface area (Å²) in [6, 6.07) is 5.33. The maximum absolute atomic E-state index is 12.4. The van der Waals surface area contributed by atoms with Crippen LogP contribution in [0, 0.1) is 11.3 Å². The van der Waals surface area contributed by atoms with Crippen molar-refractivity contribution >= 4 is 22.8 Å². The molecule has 0 radical (unpaired) electrons. The SMILES string of the molecule is CC(C)C(NC(=O)Cc1ccc2c(cnn2C)c1)C(C)(C)C(=O)O. The van der Waals surface area contributed by atoms with E-state index in [4.69, 9.17) is 0 Å². The minimum Gasteiger partial charge on any atom is -0.481 e. The molecule has 6 nitrogen and oxygen atoms in total. The van der Waals surface area contributed by atoms with Crippen LogP contribution in [-0.2, 0) is 23.1 Å². The number of amides is 1. The fraction of sp³-hybridized carbons (Fsp3) is 0.500. The zero-order chi connectivity index (χ0) is 18.1. The molecule has 0 saturated carbocycles. The fourth-order valence-electron chi connectivity index (χ4n) is 3.05. The molecule has 0 aliphatic heterocycles. The molecule has 130 valence electrons. The number of carboxylic acids is 1. The van der Waals surface area contributed by atoms with Crippen LogP contribution in [0.5, 0.6) is 0 Å². The Morgan fingerprint density at radius 2 is 2.00 bits per heavy atom. The zero-order valence-electron chi connectivity index (χ0n) is 14.8. The second kappa shape index (κ2) is 6.63. The Morgan fingerprint density at radius 1 is 1.33 bits per heavy atom. The van der Waals surface area contributed by atoms with Crippen LogP contribution in [0.4, 0.5) is 0 Å². The topological polar surface area (TPSA) is 84.2 Å². The van der Waals surface area contributed by atoms with Gasteiger partial charge in [-0.15, -0.1) is 0 Å². The number of hydrogen-bond donors (Lipinski definition) is 2. The van der Waals surface area contributed by atoms with Crippen LogP contribution in [0.25, 0.3) is 10.9 Å². The number of rotatable bonds is 6. The average molecular weight is 331 g/mol. The van der Waals surface area contributed by atoms with Gasteiger partial charge in [-0.25, -0.2) is 0 Å². The van der Waals surface area contributed by atoms with E-state index in [2.05, 4.69) is 10.4 Å². The van der Waals surface area contributed by atoms with E-state index in [9.17, 15) is 14.7 Å². The minimum atomic E-state index is -1.03. The third-order valence-corrected chi connectivity index (χ3v) is 4.49. The smallest absolute Gasteiger partial charge is 0.311 e. The van der Waals surface area contributed by atoms with Gasteiger partial charge in [-0.3, -0.25) is 14.3 Å². The van der Waals surface area contributed by atoms with Crippen LogP contribution in [-0.4, -0.2) is 32.8 Å². The normalized spacial score (nSPS) is 13.2. The van der Waals surface area contributed by atoms with Crippen molar-refractivity contribution in [2.75, 3.05) is 0 Å². The lowest BCUT2D eigenvalue weighted by molar-refractivity contribution is -0.149. The van der Waals surface area contributed by atoms with E-state index in [1.165, 1.54) is 0 Å². The first-order valence-electron chi connectivity index (χ1n) is 8.06. The number of aromatic nitrogens is 2. The van der Waals surface area contributed by atoms with Gasteiger partial charge >= 0.3 is 5.97 Å². The Balaban J connectivity index is 2.13. The molecule has 0 saturated heterocycles. The molecular formula is C18H25N3O3. The number of carbonyl (C=O) groups is 2. The molecule has 6 heteroatoms. The van der Waals surface area contributed by atoms with Crippen molar-refractivity contribution in [2.24, 2.45) is 18.4 Å². The molecule has 1 aromatic heterocycles. The molecule has 0 bridgehead atoms. The van der Waals surface area contributed by atoms with E-state index in [1.54, 1.807) is 24.7 Å². The van der Waals surface area contributed by atoms with Gasteiger partial charge in [0.15, 0.2) is 0 Å². The van der Waals surface area contributed by atoms with Gasteiger partial charge < -0.3 is 10.4 Å². The van der Waals surface area contributed by atoms with Crippen molar-refractivity contribution in [1.29, 1.82) is 0 Å². The molecule has 2 N–H and O–H groups in total. The Kier molecular flexibility index (Phi) is 4.96. The quantitative estimate of drug-likeness (QED) is 0.851. The summed E-state index contributed by atoms with van der Waals surface area (Å²) in [5.74, 6) is -1.08. The van der Waals surface area contributed by atoms with E-state index >= 15 is 0 Å². The summed E-state index contributed by atoms with van der Waals surface area (Å²) < 4.78 is 1.78. The van der Waals surface area contributed by atoms with Crippen molar-refractivity contribution in [2.45, 2.75) is 40.2 Å². The summed E-state index contributed by atoms with van der Waals surface area (Å²) in [5, 5.41) is 17.5. The Hall–Kier alpha value is -2.37. The van der Waals surface area contributed by atoms with Crippen LogP contribution < -0.4 is 5.32 Å². The summed E-state index contributed by atoms with van der Waals surface area (Å²) in [6.45, 7) is 7.11. The van der Waals surface area contributed by atoms with Crippen molar-refractivity contribution < 1.29 is 14.7 Å². The Morgan fingerprint density at radius 3 is 2.58 bits per heavy atom. The van der Waals surface area contributed by atoms with Crippen LogP contribution in [0.2, 0.25) is 0 Å². The molecule has 0 aliphatic carbocycles. The third kappa shape index (κ3) is 3.58. The van der Waals surface area contributed by atoms with Crippen LogP contribution >= 0.6 is 0 Å². The number of hydrogen-bond acceptors (Lipinski definition) is 3. The van der Waals surface area contributed by atoms with E-state index in [-0.39, 0.29) is 18.2 Å². The first-order valence-corrected chi connectivity index (χ1v) is 8.06. The maximum Gasteiger partial charge on any atom is 0.311 e. The van der Waals surface area contributed by atoms with Crippen LogP contribution in [0.1, 0.15) is 33.3 Å². The molecule has 1 aromatic carbocycles. The molecule has 1 unspecified atom stereocenters. The van der Waals surface area contributed by atoms with Gasteiger partial charge in [-0.1, -0.05) is 19.9 Å². The van der Waals surface area contributed by atoms with E-state index in [0.717, 1.165) is 16.5 Å². The van der Waals surface area contributed by atoms with Crippen molar-refractivity contribution in [3.05, 3.63) is 30.0 Å². The van der Waals surface area contributed by atoms with Crippen molar-refractivity contribution in [1.82, 2.24) is 15.1 Å². The lowest BCUT2D eigenvalue weighted by Gasteiger charge is -2.34. The summed E-state index contributed by atoms with van der Waals surface area (Å²) in [5.41, 5.74) is 0.854. The number of benzene rings is 1. The number of aryl methyl sites for hydroxylation is 1. The maximum atomic E-state index is 12.4. The first kappa shape index (κ1) is 18.0. The van der Waals surface area contributed by atoms with Gasteiger partial charge in [0, 0.05) is 18.5 Å². The molecule has 0 aliphatic rings. The third-order valence-electron chi connectivity index (χ3n) is 4.49. The fourth-order valence-corrected chi connectivity index (χ4v) is 3.05. The highest BCUT2D eigenvalue weighted by Gasteiger charge is 2.39. The van der Waals surface area contributed by atoms with Gasteiger partial charge in [0.25, 0.3) is 0 Å². The van der Waals surface area contributed by atoms with Gasteiger partial charge in [-0.2, -0.15) is 5.10 Å². The number of nitrogens with zero attached hydrogens (tertiary/aromatic N) is 2. The average Bonchev–Trinajstić information content (AvgIpc) is 2.85. The highest BCUT2D eigenvalue weighted by molar-refractivity contribution is 5.84. The second-order valence-corrected chi connectivity index (χ2v) is 7.15. The summed E-state index contributed by atoms with van der Waals surface area (Å²) in [4.78, 5) is 23.9. The molecule has 24 heavy (non-hydrogen) atoms. The monoisotopic (exact) mass is 331 g/mol. The molecule has 2 aromatic rings.